The van der Waals surface area contributed by atoms with E-state index < -0.39 is 4.92 Å². The highest BCUT2D eigenvalue weighted by atomic mass is 32.1. The normalized spacial score (nSPS) is 11.6. The van der Waals surface area contributed by atoms with E-state index in [1.54, 1.807) is 24.3 Å². The summed E-state index contributed by atoms with van der Waals surface area (Å²) in [7, 11) is 0. The first-order valence-corrected chi connectivity index (χ1v) is 11.3. The molecule has 0 saturated carbocycles. The molecule has 6 nitrogen and oxygen atoms in total. The van der Waals surface area contributed by atoms with Crippen LogP contribution >= 0.6 is 11.3 Å². The van der Waals surface area contributed by atoms with Crippen LogP contribution in [-0.2, 0) is 0 Å². The molecule has 0 aliphatic carbocycles. The van der Waals surface area contributed by atoms with Crippen molar-refractivity contribution in [2.75, 3.05) is 10.6 Å². The molecule has 0 unspecified atom stereocenters. The molecule has 0 bridgehead atoms. The van der Waals surface area contributed by atoms with E-state index in [1.807, 2.05) is 62.4 Å². The van der Waals surface area contributed by atoms with Crippen LogP contribution in [0.3, 0.4) is 0 Å². The van der Waals surface area contributed by atoms with E-state index in [2.05, 4.69) is 10.6 Å². The Bertz CT molecular complexity index is 1290. The van der Waals surface area contributed by atoms with Crippen molar-refractivity contribution in [3.05, 3.63) is 122 Å². The molecule has 33 heavy (non-hydrogen) atoms. The second kappa shape index (κ2) is 9.67. The monoisotopic (exact) mass is 457 g/mol. The summed E-state index contributed by atoms with van der Waals surface area (Å²) in [5, 5.41) is 18.6. The molecule has 0 fully saturated rings. The number of thiophene rings is 1. The number of amides is 1. The fraction of sp³-hybridized carbons (Fsp3) is 0.115. The molecular formula is C26H23N3O3S. The number of nitrogens with one attached hydrogen (secondary N) is 2. The average Bonchev–Trinajstić information content (AvgIpc) is 3.11. The number of carbonyl (C=O) groups excluding carboxylic acids is 1. The van der Waals surface area contributed by atoms with Crippen molar-refractivity contribution < 1.29 is 9.72 Å². The van der Waals surface area contributed by atoms with Gasteiger partial charge in [0.15, 0.2) is 0 Å². The maximum Gasteiger partial charge on any atom is 0.271 e. The van der Waals surface area contributed by atoms with Gasteiger partial charge in [-0.3, -0.25) is 14.9 Å². The molecule has 2 N–H and O–H groups in total. The van der Waals surface area contributed by atoms with Gasteiger partial charge in [0, 0.05) is 33.8 Å². The van der Waals surface area contributed by atoms with Crippen LogP contribution in [0.25, 0.3) is 0 Å². The molecule has 0 saturated heterocycles. The maximum absolute atomic E-state index is 12.9. The smallest absolute Gasteiger partial charge is 0.271 e. The zero-order valence-corrected chi connectivity index (χ0v) is 19.1. The van der Waals surface area contributed by atoms with Crippen LogP contribution < -0.4 is 10.6 Å². The Kier molecular flexibility index (Phi) is 6.51. The Morgan fingerprint density at radius 1 is 0.939 bits per heavy atom. The van der Waals surface area contributed by atoms with Crippen molar-refractivity contribution in [2.45, 2.75) is 19.9 Å². The van der Waals surface area contributed by atoms with E-state index in [0.717, 1.165) is 26.6 Å². The number of nitro benzene ring substituents is 1. The van der Waals surface area contributed by atoms with Crippen LogP contribution in [0, 0.1) is 24.0 Å². The topological polar surface area (TPSA) is 84.3 Å². The number of benzene rings is 3. The number of hydrogen-bond acceptors (Lipinski definition) is 5. The third kappa shape index (κ3) is 4.94. The van der Waals surface area contributed by atoms with Gasteiger partial charge in [-0.15, -0.1) is 11.3 Å². The number of aryl methyl sites for hydroxylation is 1. The Morgan fingerprint density at radius 3 is 2.27 bits per heavy atom. The van der Waals surface area contributed by atoms with Crippen LogP contribution in [-0.4, -0.2) is 10.8 Å². The fourth-order valence-electron chi connectivity index (χ4n) is 3.69. The summed E-state index contributed by atoms with van der Waals surface area (Å²) >= 11 is 1.53. The van der Waals surface area contributed by atoms with Gasteiger partial charge in [-0.25, -0.2) is 0 Å². The minimum Gasteiger partial charge on any atom is -0.374 e. The second-order valence-corrected chi connectivity index (χ2v) is 8.87. The third-order valence-electron chi connectivity index (χ3n) is 5.48. The molecule has 1 amide bonds. The number of hydrogen-bond donors (Lipinski definition) is 2. The lowest BCUT2D eigenvalue weighted by molar-refractivity contribution is -0.384. The Labute approximate surface area is 196 Å². The number of nitro groups is 1. The molecule has 1 heterocycles. The molecule has 0 aliphatic heterocycles. The van der Waals surface area contributed by atoms with Crippen molar-refractivity contribution in [1.82, 2.24) is 0 Å². The van der Waals surface area contributed by atoms with Gasteiger partial charge >= 0.3 is 0 Å². The lowest BCUT2D eigenvalue weighted by Gasteiger charge is -2.23. The molecule has 166 valence electrons. The van der Waals surface area contributed by atoms with Crippen LogP contribution in [0.2, 0.25) is 0 Å². The number of rotatable bonds is 7. The molecule has 4 rings (SSSR count). The number of non-ortho nitro benzene ring substituents is 1. The van der Waals surface area contributed by atoms with Gasteiger partial charge in [-0.2, -0.15) is 0 Å². The first-order chi connectivity index (χ1) is 15.9. The minimum atomic E-state index is -0.409. The molecule has 0 radical (unpaired) electrons. The number of nitrogens with zero attached hydrogens (tertiary/aromatic N) is 1. The summed E-state index contributed by atoms with van der Waals surface area (Å²) in [5.41, 5.74) is 4.22. The van der Waals surface area contributed by atoms with Gasteiger partial charge in [-0.05, 0) is 43.2 Å². The van der Waals surface area contributed by atoms with Crippen LogP contribution in [0.15, 0.2) is 84.9 Å². The SMILES string of the molecule is Cc1sc(NC(=O)c2ccccc2)c([C@H](Nc2cccc([N+](=O)[O-])c2)c2ccccc2)c1C. The first kappa shape index (κ1) is 22.2. The number of carbonyl (C=O) groups is 1. The predicted octanol–water partition coefficient (Wildman–Crippen LogP) is 6.73. The Hall–Kier alpha value is -3.97. The van der Waals surface area contributed by atoms with Gasteiger partial charge in [-0.1, -0.05) is 54.6 Å². The molecule has 3 aromatic carbocycles. The largest absolute Gasteiger partial charge is 0.374 e. The third-order valence-corrected chi connectivity index (χ3v) is 6.62. The van der Waals surface area contributed by atoms with Gasteiger partial charge in [0.2, 0.25) is 0 Å². The summed E-state index contributed by atoms with van der Waals surface area (Å²) in [4.78, 5) is 24.9. The highest BCUT2D eigenvalue weighted by molar-refractivity contribution is 7.16. The van der Waals surface area contributed by atoms with Gasteiger partial charge in [0.1, 0.15) is 5.00 Å². The zero-order valence-electron chi connectivity index (χ0n) is 18.2. The van der Waals surface area contributed by atoms with Crippen molar-refractivity contribution >= 4 is 33.6 Å². The van der Waals surface area contributed by atoms with E-state index in [1.165, 1.54) is 23.5 Å². The lowest BCUT2D eigenvalue weighted by Crippen LogP contribution is -2.17. The molecule has 0 aliphatic rings. The van der Waals surface area contributed by atoms with Crippen molar-refractivity contribution in [1.29, 1.82) is 0 Å². The van der Waals surface area contributed by atoms with Gasteiger partial charge < -0.3 is 10.6 Å². The van der Waals surface area contributed by atoms with Crippen molar-refractivity contribution in [2.24, 2.45) is 0 Å². The predicted molar refractivity (Wildman–Crippen MR) is 133 cm³/mol. The summed E-state index contributed by atoms with van der Waals surface area (Å²) in [5.74, 6) is -0.180. The second-order valence-electron chi connectivity index (χ2n) is 7.64. The highest BCUT2D eigenvalue weighted by Crippen LogP contribution is 2.41. The quantitative estimate of drug-likeness (QED) is 0.238. The summed E-state index contributed by atoms with van der Waals surface area (Å²) < 4.78 is 0. The van der Waals surface area contributed by atoms with Gasteiger partial charge in [0.25, 0.3) is 11.6 Å². The fourth-order valence-corrected chi connectivity index (χ4v) is 4.79. The minimum absolute atomic E-state index is 0.0163. The van der Waals surface area contributed by atoms with E-state index in [4.69, 9.17) is 0 Å². The Morgan fingerprint density at radius 2 is 1.61 bits per heavy atom. The lowest BCUT2D eigenvalue weighted by atomic mass is 9.96. The van der Waals surface area contributed by atoms with E-state index in [9.17, 15) is 14.9 Å². The molecule has 1 atom stereocenters. The van der Waals surface area contributed by atoms with Gasteiger partial charge in [0.05, 0.1) is 11.0 Å². The highest BCUT2D eigenvalue weighted by Gasteiger charge is 2.25. The van der Waals surface area contributed by atoms with Crippen molar-refractivity contribution in [3.8, 4) is 0 Å². The zero-order chi connectivity index (χ0) is 23.4. The molecule has 0 spiro atoms. The van der Waals surface area contributed by atoms with E-state index in [-0.39, 0.29) is 17.6 Å². The van der Waals surface area contributed by atoms with E-state index >= 15 is 0 Å². The molecule has 1 aromatic heterocycles. The molecule has 7 heteroatoms. The van der Waals surface area contributed by atoms with Crippen LogP contribution in [0.1, 0.15) is 38.0 Å². The first-order valence-electron chi connectivity index (χ1n) is 10.5. The Balaban J connectivity index is 1.77. The van der Waals surface area contributed by atoms with Crippen molar-refractivity contribution in [3.63, 3.8) is 0 Å². The summed E-state index contributed by atoms with van der Waals surface area (Å²) in [6, 6.07) is 25.1. The standard InChI is InChI=1S/C26H23N3O3S/c1-17-18(2)33-26(28-25(30)20-12-7-4-8-13-20)23(17)24(19-10-5-3-6-11-19)27-21-14-9-15-22(16-21)29(31)32/h3-16,24,27H,1-2H3,(H,28,30)/t24-/m1/s1. The number of anilines is 2. The van der Waals surface area contributed by atoms with Crippen LogP contribution in [0.4, 0.5) is 16.4 Å². The molecular weight excluding hydrogens is 434 g/mol. The summed E-state index contributed by atoms with van der Waals surface area (Å²) in [6.07, 6.45) is 0. The molecule has 4 aromatic rings. The summed E-state index contributed by atoms with van der Waals surface area (Å²) in [6.45, 7) is 4.06. The van der Waals surface area contributed by atoms with Crippen LogP contribution in [0.5, 0.6) is 0 Å². The maximum atomic E-state index is 12.9. The average molecular weight is 458 g/mol. The van der Waals surface area contributed by atoms with E-state index in [0.29, 0.717) is 11.3 Å².